The molecule has 32 heavy (non-hydrogen) atoms. The minimum atomic E-state index is -0.350. The van der Waals surface area contributed by atoms with E-state index < -0.39 is 0 Å². The summed E-state index contributed by atoms with van der Waals surface area (Å²) in [7, 11) is 0. The molecule has 9 nitrogen and oxygen atoms in total. The average molecular weight is 435 g/mol. The van der Waals surface area contributed by atoms with Gasteiger partial charge in [-0.15, -0.1) is 0 Å². The van der Waals surface area contributed by atoms with Crippen molar-refractivity contribution in [3.05, 3.63) is 54.2 Å². The third kappa shape index (κ3) is 5.11. The number of carbonyl (C=O) groups excluding carboxylic acids is 3. The quantitative estimate of drug-likeness (QED) is 0.719. The zero-order chi connectivity index (χ0) is 22.5. The van der Waals surface area contributed by atoms with Gasteiger partial charge in [-0.25, -0.2) is 9.99 Å². The van der Waals surface area contributed by atoms with Crippen molar-refractivity contribution < 1.29 is 14.4 Å². The lowest BCUT2D eigenvalue weighted by Gasteiger charge is -2.32. The SMILES string of the molecule is NC(=O)C1CCCN(c2ccc(NC(=O)C3=NN(Cc4ccccc4)C(=O)CC3)cn2)C1. The van der Waals surface area contributed by atoms with Crippen LogP contribution in [0.4, 0.5) is 11.5 Å². The third-order valence-electron chi connectivity index (χ3n) is 5.70. The van der Waals surface area contributed by atoms with Gasteiger partial charge in [0.25, 0.3) is 5.91 Å². The van der Waals surface area contributed by atoms with Gasteiger partial charge in [-0.05, 0) is 30.5 Å². The maximum atomic E-state index is 12.7. The number of primary amides is 1. The summed E-state index contributed by atoms with van der Waals surface area (Å²) in [5, 5.41) is 8.44. The Morgan fingerprint density at radius 1 is 1.12 bits per heavy atom. The second kappa shape index (κ2) is 9.59. The normalized spacial score (nSPS) is 18.8. The molecule has 1 saturated heterocycles. The highest BCUT2D eigenvalue weighted by Gasteiger charge is 2.26. The molecular weight excluding hydrogens is 408 g/mol. The Hall–Kier alpha value is -3.75. The van der Waals surface area contributed by atoms with Gasteiger partial charge in [-0.2, -0.15) is 5.10 Å². The number of nitrogens with one attached hydrogen (secondary N) is 1. The molecule has 3 heterocycles. The molecule has 0 saturated carbocycles. The van der Waals surface area contributed by atoms with Crippen molar-refractivity contribution in [2.24, 2.45) is 16.8 Å². The molecule has 1 fully saturated rings. The van der Waals surface area contributed by atoms with Crippen molar-refractivity contribution >= 4 is 34.9 Å². The molecule has 2 aliphatic rings. The number of pyridine rings is 1. The van der Waals surface area contributed by atoms with Crippen molar-refractivity contribution in [2.75, 3.05) is 23.3 Å². The van der Waals surface area contributed by atoms with Crippen molar-refractivity contribution in [2.45, 2.75) is 32.2 Å². The minimum absolute atomic E-state index is 0.104. The molecule has 2 aliphatic heterocycles. The molecule has 1 atom stereocenters. The molecule has 0 aliphatic carbocycles. The number of piperidine rings is 1. The van der Waals surface area contributed by atoms with Crippen LogP contribution in [0.25, 0.3) is 0 Å². The van der Waals surface area contributed by atoms with Crippen LogP contribution < -0.4 is 16.0 Å². The Kier molecular flexibility index (Phi) is 6.44. The maximum absolute atomic E-state index is 12.7. The van der Waals surface area contributed by atoms with Crippen molar-refractivity contribution in [1.82, 2.24) is 9.99 Å². The monoisotopic (exact) mass is 434 g/mol. The standard InChI is InChI=1S/C23H26N6O3/c24-22(31)17-7-4-12-28(15-17)20-10-8-18(13-25-20)26-23(32)19-9-11-21(30)29(27-19)14-16-5-2-1-3-6-16/h1-3,5-6,8,10,13,17H,4,7,9,11-12,14-15H2,(H2,24,31)(H,26,32). The summed E-state index contributed by atoms with van der Waals surface area (Å²) in [5.41, 5.74) is 7.24. The number of amides is 3. The van der Waals surface area contributed by atoms with Gasteiger partial charge >= 0.3 is 0 Å². The Morgan fingerprint density at radius 2 is 1.94 bits per heavy atom. The summed E-state index contributed by atoms with van der Waals surface area (Å²) in [6.07, 6.45) is 3.80. The van der Waals surface area contributed by atoms with Gasteiger partial charge in [0.1, 0.15) is 11.5 Å². The highest BCUT2D eigenvalue weighted by atomic mass is 16.2. The van der Waals surface area contributed by atoms with E-state index in [9.17, 15) is 14.4 Å². The van der Waals surface area contributed by atoms with Crippen LogP contribution >= 0.6 is 0 Å². The van der Waals surface area contributed by atoms with E-state index in [2.05, 4.69) is 15.4 Å². The molecule has 0 spiro atoms. The second-order valence-electron chi connectivity index (χ2n) is 8.03. The van der Waals surface area contributed by atoms with Gasteiger partial charge in [0, 0.05) is 25.9 Å². The lowest BCUT2D eigenvalue weighted by molar-refractivity contribution is -0.132. The average Bonchev–Trinajstić information content (AvgIpc) is 2.81. The van der Waals surface area contributed by atoms with E-state index in [-0.39, 0.29) is 30.1 Å². The summed E-state index contributed by atoms with van der Waals surface area (Å²) >= 11 is 0. The van der Waals surface area contributed by atoms with E-state index in [1.807, 2.05) is 41.3 Å². The zero-order valence-corrected chi connectivity index (χ0v) is 17.7. The van der Waals surface area contributed by atoms with Crippen LogP contribution in [0, 0.1) is 5.92 Å². The number of nitrogens with two attached hydrogens (primary N) is 1. The van der Waals surface area contributed by atoms with E-state index in [4.69, 9.17) is 5.73 Å². The number of rotatable bonds is 6. The van der Waals surface area contributed by atoms with Crippen LogP contribution in [-0.4, -0.2) is 46.5 Å². The molecule has 3 amide bonds. The highest BCUT2D eigenvalue weighted by Crippen LogP contribution is 2.22. The molecule has 2 aromatic rings. The molecular formula is C23H26N6O3. The summed E-state index contributed by atoms with van der Waals surface area (Å²) in [6, 6.07) is 13.1. The molecule has 4 rings (SSSR count). The van der Waals surface area contributed by atoms with Crippen molar-refractivity contribution in [1.29, 1.82) is 0 Å². The van der Waals surface area contributed by atoms with E-state index in [1.165, 1.54) is 5.01 Å². The molecule has 1 aromatic carbocycles. The van der Waals surface area contributed by atoms with E-state index >= 15 is 0 Å². The first-order valence-electron chi connectivity index (χ1n) is 10.7. The first kappa shape index (κ1) is 21.5. The van der Waals surface area contributed by atoms with Crippen LogP contribution in [0.3, 0.4) is 0 Å². The summed E-state index contributed by atoms with van der Waals surface area (Å²) in [6.45, 7) is 1.69. The van der Waals surface area contributed by atoms with E-state index in [1.54, 1.807) is 12.3 Å². The predicted octanol–water partition coefficient (Wildman–Crippen LogP) is 1.90. The molecule has 9 heteroatoms. The van der Waals surface area contributed by atoms with Gasteiger partial charge in [-0.3, -0.25) is 14.4 Å². The highest BCUT2D eigenvalue weighted by molar-refractivity contribution is 6.43. The van der Waals surface area contributed by atoms with Gasteiger partial charge in [0.2, 0.25) is 11.8 Å². The molecule has 1 aromatic heterocycles. The Bertz CT molecular complexity index is 1020. The minimum Gasteiger partial charge on any atom is -0.369 e. The summed E-state index contributed by atoms with van der Waals surface area (Å²) in [4.78, 5) is 42.9. The van der Waals surface area contributed by atoms with Gasteiger partial charge in [0.15, 0.2) is 0 Å². The molecule has 3 N–H and O–H groups in total. The molecule has 166 valence electrons. The van der Waals surface area contributed by atoms with E-state index in [0.29, 0.717) is 30.9 Å². The third-order valence-corrected chi connectivity index (χ3v) is 5.70. The van der Waals surface area contributed by atoms with Crippen LogP contribution in [0.1, 0.15) is 31.2 Å². The largest absolute Gasteiger partial charge is 0.369 e. The van der Waals surface area contributed by atoms with Crippen LogP contribution in [-0.2, 0) is 20.9 Å². The van der Waals surface area contributed by atoms with Crippen molar-refractivity contribution in [3.63, 3.8) is 0 Å². The first-order chi connectivity index (χ1) is 15.5. The fourth-order valence-electron chi connectivity index (χ4n) is 3.91. The number of carbonyl (C=O) groups is 3. The lowest BCUT2D eigenvalue weighted by atomic mass is 9.97. The Balaban J connectivity index is 1.39. The number of benzene rings is 1. The first-order valence-corrected chi connectivity index (χ1v) is 10.7. The zero-order valence-electron chi connectivity index (χ0n) is 17.7. The van der Waals surface area contributed by atoms with Crippen LogP contribution in [0.2, 0.25) is 0 Å². The smallest absolute Gasteiger partial charge is 0.271 e. The summed E-state index contributed by atoms with van der Waals surface area (Å²) in [5.74, 6) is -0.171. The Morgan fingerprint density at radius 3 is 2.66 bits per heavy atom. The number of anilines is 2. The lowest BCUT2D eigenvalue weighted by Crippen LogP contribution is -2.41. The van der Waals surface area contributed by atoms with E-state index in [0.717, 1.165) is 30.8 Å². The summed E-state index contributed by atoms with van der Waals surface area (Å²) < 4.78 is 0. The maximum Gasteiger partial charge on any atom is 0.271 e. The fraction of sp³-hybridized carbons (Fsp3) is 0.348. The van der Waals surface area contributed by atoms with Gasteiger partial charge in [0.05, 0.1) is 24.3 Å². The number of aromatic nitrogens is 1. The molecule has 0 radical (unpaired) electrons. The predicted molar refractivity (Wildman–Crippen MR) is 121 cm³/mol. The molecule has 1 unspecified atom stereocenters. The van der Waals surface area contributed by atoms with Crippen LogP contribution in [0.5, 0.6) is 0 Å². The number of hydrazone groups is 1. The number of hydrogen-bond donors (Lipinski definition) is 2. The number of nitrogens with zero attached hydrogens (tertiary/aromatic N) is 4. The second-order valence-corrected chi connectivity index (χ2v) is 8.03. The van der Waals surface area contributed by atoms with Gasteiger partial charge < -0.3 is 16.0 Å². The van der Waals surface area contributed by atoms with Crippen LogP contribution in [0.15, 0.2) is 53.8 Å². The number of hydrogen-bond acceptors (Lipinski definition) is 6. The fourth-order valence-corrected chi connectivity index (χ4v) is 3.91. The van der Waals surface area contributed by atoms with Gasteiger partial charge in [-0.1, -0.05) is 30.3 Å². The Labute approximate surface area is 186 Å². The molecule has 0 bridgehead atoms. The topological polar surface area (TPSA) is 121 Å². The van der Waals surface area contributed by atoms with Crippen molar-refractivity contribution in [3.8, 4) is 0 Å².